The van der Waals surface area contributed by atoms with Crippen LogP contribution < -0.4 is 5.32 Å². The lowest BCUT2D eigenvalue weighted by Crippen LogP contribution is -2.21. The quantitative estimate of drug-likeness (QED) is 0.774. The van der Waals surface area contributed by atoms with E-state index in [0.717, 1.165) is 24.9 Å². The van der Waals surface area contributed by atoms with Gasteiger partial charge >= 0.3 is 0 Å². The summed E-state index contributed by atoms with van der Waals surface area (Å²) in [5.41, 5.74) is 0. The molecule has 1 saturated carbocycles. The Morgan fingerprint density at radius 2 is 2.29 bits per heavy atom. The monoisotopic (exact) mass is 212 g/mol. The Morgan fingerprint density at radius 1 is 1.50 bits per heavy atom. The smallest absolute Gasteiger partial charge is 0.156 e. The van der Waals surface area contributed by atoms with Crippen LogP contribution in [-0.4, -0.2) is 23.5 Å². The maximum absolute atomic E-state index is 4.52. The zero-order valence-corrected chi connectivity index (χ0v) is 9.94. The van der Waals surface area contributed by atoms with Crippen LogP contribution in [0.15, 0.2) is 4.99 Å². The molecular weight excluding hydrogens is 192 g/mol. The SMILES string of the molecule is CC(C)C1CN=C(NCCC2CC2)S1. The van der Waals surface area contributed by atoms with Crippen molar-refractivity contribution in [3.63, 3.8) is 0 Å². The average Bonchev–Trinajstić information content (AvgIpc) is 2.82. The van der Waals surface area contributed by atoms with Gasteiger partial charge in [-0.05, 0) is 18.3 Å². The number of hydrogen-bond donors (Lipinski definition) is 1. The second kappa shape index (κ2) is 4.56. The predicted octanol–water partition coefficient (Wildman–Crippen LogP) is 2.50. The lowest BCUT2D eigenvalue weighted by atomic mass is 10.1. The maximum atomic E-state index is 4.52. The van der Waals surface area contributed by atoms with Crippen molar-refractivity contribution in [2.45, 2.75) is 38.4 Å². The first-order valence-corrected chi connectivity index (χ1v) is 6.58. The van der Waals surface area contributed by atoms with E-state index in [0.29, 0.717) is 5.25 Å². The molecule has 0 saturated heterocycles. The zero-order chi connectivity index (χ0) is 9.97. The summed E-state index contributed by atoms with van der Waals surface area (Å²) in [6.07, 6.45) is 4.25. The summed E-state index contributed by atoms with van der Waals surface area (Å²) >= 11 is 1.93. The molecule has 0 spiro atoms. The van der Waals surface area contributed by atoms with E-state index in [2.05, 4.69) is 24.2 Å². The van der Waals surface area contributed by atoms with Gasteiger partial charge in [-0.15, -0.1) is 0 Å². The van der Waals surface area contributed by atoms with Gasteiger partial charge < -0.3 is 5.32 Å². The van der Waals surface area contributed by atoms with Crippen LogP contribution in [0.3, 0.4) is 0 Å². The minimum absolute atomic E-state index is 0.707. The van der Waals surface area contributed by atoms with Crippen LogP contribution in [0.2, 0.25) is 0 Å². The van der Waals surface area contributed by atoms with Gasteiger partial charge in [0.25, 0.3) is 0 Å². The fourth-order valence-electron chi connectivity index (χ4n) is 1.63. The highest BCUT2D eigenvalue weighted by Crippen LogP contribution is 2.32. The third-order valence-electron chi connectivity index (χ3n) is 2.95. The van der Waals surface area contributed by atoms with Crippen molar-refractivity contribution in [2.75, 3.05) is 13.1 Å². The van der Waals surface area contributed by atoms with Gasteiger partial charge in [-0.25, -0.2) is 0 Å². The summed E-state index contributed by atoms with van der Waals surface area (Å²) in [6, 6.07) is 0. The number of aliphatic imine (C=N–C) groups is 1. The zero-order valence-electron chi connectivity index (χ0n) is 9.12. The Balaban J connectivity index is 1.62. The van der Waals surface area contributed by atoms with E-state index < -0.39 is 0 Å². The van der Waals surface area contributed by atoms with E-state index in [1.807, 2.05) is 11.8 Å². The van der Waals surface area contributed by atoms with Crippen molar-refractivity contribution in [1.82, 2.24) is 5.32 Å². The van der Waals surface area contributed by atoms with Gasteiger partial charge in [0.2, 0.25) is 0 Å². The molecule has 1 aliphatic heterocycles. The van der Waals surface area contributed by atoms with Crippen molar-refractivity contribution in [2.24, 2.45) is 16.8 Å². The molecule has 0 aromatic rings. The van der Waals surface area contributed by atoms with Crippen molar-refractivity contribution in [3.05, 3.63) is 0 Å². The highest BCUT2D eigenvalue weighted by atomic mass is 32.2. The van der Waals surface area contributed by atoms with Gasteiger partial charge in [0.1, 0.15) is 0 Å². The molecule has 1 unspecified atom stereocenters. The number of nitrogens with zero attached hydrogens (tertiary/aromatic N) is 1. The summed E-state index contributed by atoms with van der Waals surface area (Å²) in [6.45, 7) is 6.69. The lowest BCUT2D eigenvalue weighted by Gasteiger charge is -2.12. The van der Waals surface area contributed by atoms with Crippen LogP contribution >= 0.6 is 11.8 Å². The van der Waals surface area contributed by atoms with Crippen LogP contribution in [0, 0.1) is 11.8 Å². The van der Waals surface area contributed by atoms with E-state index >= 15 is 0 Å². The maximum Gasteiger partial charge on any atom is 0.156 e. The Morgan fingerprint density at radius 3 is 2.86 bits per heavy atom. The first-order chi connectivity index (χ1) is 6.75. The van der Waals surface area contributed by atoms with Gasteiger partial charge in [0.05, 0.1) is 6.54 Å². The van der Waals surface area contributed by atoms with Gasteiger partial charge in [0.15, 0.2) is 5.17 Å². The van der Waals surface area contributed by atoms with Crippen LogP contribution in [0.5, 0.6) is 0 Å². The van der Waals surface area contributed by atoms with Crippen molar-refractivity contribution in [1.29, 1.82) is 0 Å². The molecule has 0 bridgehead atoms. The molecule has 1 fully saturated rings. The standard InChI is InChI=1S/C11H20N2S/c1-8(2)10-7-13-11(14-10)12-6-5-9-3-4-9/h8-10H,3-7H2,1-2H3,(H,12,13). The second-order valence-electron chi connectivity index (χ2n) is 4.70. The molecular formula is C11H20N2S. The number of amidine groups is 1. The highest BCUT2D eigenvalue weighted by molar-refractivity contribution is 8.14. The molecule has 0 aromatic heterocycles. The molecule has 0 radical (unpaired) electrons. The Hall–Kier alpha value is -0.180. The molecule has 1 N–H and O–H groups in total. The van der Waals surface area contributed by atoms with E-state index in [-0.39, 0.29) is 0 Å². The minimum atomic E-state index is 0.707. The van der Waals surface area contributed by atoms with Crippen LogP contribution in [0.1, 0.15) is 33.1 Å². The van der Waals surface area contributed by atoms with Gasteiger partial charge in [-0.2, -0.15) is 0 Å². The summed E-state index contributed by atoms with van der Waals surface area (Å²) in [5.74, 6) is 1.77. The van der Waals surface area contributed by atoms with E-state index in [1.165, 1.54) is 24.4 Å². The van der Waals surface area contributed by atoms with E-state index in [4.69, 9.17) is 0 Å². The third kappa shape index (κ3) is 2.91. The molecule has 0 amide bonds. The van der Waals surface area contributed by atoms with Crippen molar-refractivity contribution >= 4 is 16.9 Å². The molecule has 3 heteroatoms. The molecule has 2 rings (SSSR count). The average molecular weight is 212 g/mol. The molecule has 80 valence electrons. The first kappa shape index (κ1) is 10.3. The molecule has 0 aromatic carbocycles. The van der Waals surface area contributed by atoms with Gasteiger partial charge in [-0.3, -0.25) is 4.99 Å². The fraction of sp³-hybridized carbons (Fsp3) is 0.909. The number of nitrogens with one attached hydrogen (secondary N) is 1. The highest BCUT2D eigenvalue weighted by Gasteiger charge is 2.23. The van der Waals surface area contributed by atoms with Crippen molar-refractivity contribution < 1.29 is 0 Å². The normalized spacial score (nSPS) is 26.8. The summed E-state index contributed by atoms with van der Waals surface area (Å²) in [7, 11) is 0. The fourth-order valence-corrected chi connectivity index (χ4v) is 2.67. The largest absolute Gasteiger partial charge is 0.365 e. The lowest BCUT2D eigenvalue weighted by molar-refractivity contribution is 0.621. The first-order valence-electron chi connectivity index (χ1n) is 5.70. The van der Waals surface area contributed by atoms with E-state index in [9.17, 15) is 0 Å². The molecule has 1 heterocycles. The molecule has 2 aliphatic rings. The second-order valence-corrected chi connectivity index (χ2v) is 5.93. The summed E-state index contributed by atoms with van der Waals surface area (Å²) in [5, 5.41) is 5.34. The van der Waals surface area contributed by atoms with Crippen LogP contribution in [-0.2, 0) is 0 Å². The number of thioether (sulfide) groups is 1. The molecule has 1 atom stereocenters. The Labute approximate surface area is 90.9 Å². The van der Waals surface area contributed by atoms with Gasteiger partial charge in [-0.1, -0.05) is 38.5 Å². The topological polar surface area (TPSA) is 24.4 Å². The van der Waals surface area contributed by atoms with E-state index in [1.54, 1.807) is 0 Å². The number of rotatable bonds is 4. The van der Waals surface area contributed by atoms with Gasteiger partial charge in [0, 0.05) is 11.8 Å². The molecule has 14 heavy (non-hydrogen) atoms. The van der Waals surface area contributed by atoms with Crippen molar-refractivity contribution in [3.8, 4) is 0 Å². The number of hydrogen-bond acceptors (Lipinski definition) is 3. The Kier molecular flexibility index (Phi) is 3.37. The van der Waals surface area contributed by atoms with Crippen LogP contribution in [0.25, 0.3) is 0 Å². The molecule has 2 nitrogen and oxygen atoms in total. The molecule has 1 aliphatic carbocycles. The summed E-state index contributed by atoms with van der Waals surface area (Å²) in [4.78, 5) is 4.52. The summed E-state index contributed by atoms with van der Waals surface area (Å²) < 4.78 is 0. The van der Waals surface area contributed by atoms with Crippen LogP contribution in [0.4, 0.5) is 0 Å². The third-order valence-corrected chi connectivity index (χ3v) is 4.44. The minimum Gasteiger partial charge on any atom is -0.365 e. The Bertz CT molecular complexity index is 221. The predicted molar refractivity (Wildman–Crippen MR) is 63.9 cm³/mol.